The van der Waals surface area contributed by atoms with Gasteiger partial charge in [0.05, 0.1) is 5.75 Å². The van der Waals surface area contributed by atoms with Crippen LogP contribution in [0.1, 0.15) is 60.1 Å². The van der Waals surface area contributed by atoms with Gasteiger partial charge in [0, 0.05) is 16.9 Å². The standard InChI is InChI=1S/C28H30N2O2S/c1-5-19-9-6-7-12-24(19)30-25(31)18-33-27(30)21-10-8-11-23(17-21)29-26(32)20-13-15-22(16-14-20)28(2,3)4/h6-17,27H,5,18H2,1-4H3,(H,29,32). The van der Waals surface area contributed by atoms with E-state index in [1.807, 2.05) is 71.6 Å². The van der Waals surface area contributed by atoms with Gasteiger partial charge in [-0.2, -0.15) is 0 Å². The summed E-state index contributed by atoms with van der Waals surface area (Å²) in [6.07, 6.45) is 0.863. The van der Waals surface area contributed by atoms with E-state index in [9.17, 15) is 9.59 Å². The quantitative estimate of drug-likeness (QED) is 0.470. The molecule has 1 aliphatic rings. The van der Waals surface area contributed by atoms with Crippen molar-refractivity contribution in [2.24, 2.45) is 0 Å². The summed E-state index contributed by atoms with van der Waals surface area (Å²) in [5, 5.41) is 2.90. The number of nitrogens with one attached hydrogen (secondary N) is 1. The van der Waals surface area contributed by atoms with Crippen LogP contribution in [-0.4, -0.2) is 17.6 Å². The number of thioether (sulfide) groups is 1. The summed E-state index contributed by atoms with van der Waals surface area (Å²) in [5.74, 6) is 0.412. The summed E-state index contributed by atoms with van der Waals surface area (Å²) in [6.45, 7) is 8.57. The van der Waals surface area contributed by atoms with Gasteiger partial charge in [0.2, 0.25) is 5.91 Å². The molecule has 0 aromatic heterocycles. The molecule has 3 aromatic rings. The molecule has 1 heterocycles. The highest BCUT2D eigenvalue weighted by Crippen LogP contribution is 2.43. The Morgan fingerprint density at radius 1 is 1.03 bits per heavy atom. The van der Waals surface area contributed by atoms with Gasteiger partial charge in [-0.05, 0) is 58.9 Å². The number of carbonyl (C=O) groups is 2. The smallest absolute Gasteiger partial charge is 0.255 e. The van der Waals surface area contributed by atoms with Crippen molar-refractivity contribution in [2.75, 3.05) is 16.0 Å². The molecule has 1 unspecified atom stereocenters. The highest BCUT2D eigenvalue weighted by molar-refractivity contribution is 8.00. The maximum atomic E-state index is 12.8. The van der Waals surface area contributed by atoms with Crippen molar-refractivity contribution in [3.63, 3.8) is 0 Å². The Hall–Kier alpha value is -3.05. The number of aryl methyl sites for hydroxylation is 1. The van der Waals surface area contributed by atoms with Crippen LogP contribution in [0.5, 0.6) is 0 Å². The maximum absolute atomic E-state index is 12.8. The van der Waals surface area contributed by atoms with Gasteiger partial charge in [0.15, 0.2) is 0 Å². The summed E-state index contributed by atoms with van der Waals surface area (Å²) in [7, 11) is 0. The van der Waals surface area contributed by atoms with E-state index in [2.05, 4.69) is 39.1 Å². The number of amides is 2. The van der Waals surface area contributed by atoms with Crippen LogP contribution >= 0.6 is 11.8 Å². The monoisotopic (exact) mass is 458 g/mol. The lowest BCUT2D eigenvalue weighted by molar-refractivity contribution is -0.115. The molecule has 4 nitrogen and oxygen atoms in total. The molecular weight excluding hydrogens is 428 g/mol. The van der Waals surface area contributed by atoms with Crippen molar-refractivity contribution < 1.29 is 9.59 Å². The fourth-order valence-corrected chi connectivity index (χ4v) is 5.23. The predicted molar refractivity (Wildman–Crippen MR) is 138 cm³/mol. The molecule has 1 fully saturated rings. The first-order valence-electron chi connectivity index (χ1n) is 11.3. The number of carbonyl (C=O) groups excluding carboxylic acids is 2. The maximum Gasteiger partial charge on any atom is 0.255 e. The molecule has 1 N–H and O–H groups in total. The van der Waals surface area contributed by atoms with E-state index in [-0.39, 0.29) is 22.6 Å². The SMILES string of the molecule is CCc1ccccc1N1C(=O)CSC1c1cccc(NC(=O)c2ccc(C(C)(C)C)cc2)c1. The number of benzene rings is 3. The van der Waals surface area contributed by atoms with Crippen molar-refractivity contribution >= 4 is 35.0 Å². The molecule has 0 aliphatic carbocycles. The number of rotatable bonds is 5. The van der Waals surface area contributed by atoms with Crippen LogP contribution < -0.4 is 10.2 Å². The largest absolute Gasteiger partial charge is 0.322 e. The van der Waals surface area contributed by atoms with Gasteiger partial charge in [-0.1, -0.05) is 70.2 Å². The van der Waals surface area contributed by atoms with E-state index in [0.29, 0.717) is 11.3 Å². The predicted octanol–water partition coefficient (Wildman–Crippen LogP) is 6.58. The first kappa shape index (κ1) is 23.1. The van der Waals surface area contributed by atoms with E-state index in [1.165, 1.54) is 5.56 Å². The fourth-order valence-electron chi connectivity index (χ4n) is 4.07. The second-order valence-corrected chi connectivity index (χ2v) is 10.4. The normalized spacial score (nSPS) is 16.2. The lowest BCUT2D eigenvalue weighted by Crippen LogP contribution is -2.28. The van der Waals surface area contributed by atoms with E-state index >= 15 is 0 Å². The van der Waals surface area contributed by atoms with Gasteiger partial charge in [-0.3, -0.25) is 14.5 Å². The summed E-state index contributed by atoms with van der Waals surface area (Å²) in [6, 6.07) is 23.6. The van der Waals surface area contributed by atoms with E-state index < -0.39 is 0 Å². The molecule has 170 valence electrons. The van der Waals surface area contributed by atoms with Crippen molar-refractivity contribution in [3.8, 4) is 0 Å². The molecule has 2 amide bonds. The molecule has 3 aromatic carbocycles. The molecular formula is C28H30N2O2S. The van der Waals surface area contributed by atoms with E-state index in [4.69, 9.17) is 0 Å². The zero-order valence-corrected chi connectivity index (χ0v) is 20.4. The van der Waals surface area contributed by atoms with Crippen molar-refractivity contribution in [1.29, 1.82) is 0 Å². The Labute approximate surface area is 200 Å². The van der Waals surface area contributed by atoms with Crippen LogP contribution in [0.3, 0.4) is 0 Å². The van der Waals surface area contributed by atoms with E-state index in [0.717, 1.165) is 28.9 Å². The number of nitrogens with zero attached hydrogens (tertiary/aromatic N) is 1. The number of hydrogen-bond acceptors (Lipinski definition) is 3. The van der Waals surface area contributed by atoms with Crippen LogP contribution in [0.25, 0.3) is 0 Å². The van der Waals surface area contributed by atoms with Gasteiger partial charge in [0.1, 0.15) is 5.37 Å². The minimum atomic E-state index is -0.143. The molecule has 0 spiro atoms. The zero-order valence-electron chi connectivity index (χ0n) is 19.6. The summed E-state index contributed by atoms with van der Waals surface area (Å²) in [5.41, 5.74) is 5.70. The lowest BCUT2D eigenvalue weighted by Gasteiger charge is -2.26. The minimum Gasteiger partial charge on any atom is -0.322 e. The fraction of sp³-hybridized carbons (Fsp3) is 0.286. The molecule has 0 bridgehead atoms. The van der Waals surface area contributed by atoms with Gasteiger partial charge >= 0.3 is 0 Å². The van der Waals surface area contributed by atoms with Gasteiger partial charge in [0.25, 0.3) is 5.91 Å². The third kappa shape index (κ3) is 4.98. The summed E-state index contributed by atoms with van der Waals surface area (Å²) >= 11 is 1.62. The molecule has 1 atom stereocenters. The first-order chi connectivity index (χ1) is 15.8. The lowest BCUT2D eigenvalue weighted by atomic mass is 9.87. The molecule has 0 radical (unpaired) electrons. The average molecular weight is 459 g/mol. The second kappa shape index (κ2) is 9.44. The van der Waals surface area contributed by atoms with Crippen LogP contribution in [0.4, 0.5) is 11.4 Å². The van der Waals surface area contributed by atoms with Gasteiger partial charge in [-0.25, -0.2) is 0 Å². The van der Waals surface area contributed by atoms with Crippen molar-refractivity contribution in [1.82, 2.24) is 0 Å². The van der Waals surface area contributed by atoms with Gasteiger partial charge < -0.3 is 5.32 Å². The van der Waals surface area contributed by atoms with Gasteiger partial charge in [-0.15, -0.1) is 11.8 Å². The van der Waals surface area contributed by atoms with Crippen molar-refractivity contribution in [3.05, 3.63) is 95.1 Å². The topological polar surface area (TPSA) is 49.4 Å². The minimum absolute atomic E-state index is 0.0436. The Bertz CT molecular complexity index is 1170. The Morgan fingerprint density at radius 2 is 1.76 bits per heavy atom. The zero-order chi connectivity index (χ0) is 23.6. The second-order valence-electron chi connectivity index (χ2n) is 9.32. The molecule has 0 saturated carbocycles. The van der Waals surface area contributed by atoms with Crippen LogP contribution in [0.15, 0.2) is 72.8 Å². The highest BCUT2D eigenvalue weighted by atomic mass is 32.2. The third-order valence-electron chi connectivity index (χ3n) is 5.94. The first-order valence-corrected chi connectivity index (χ1v) is 12.4. The number of hydrogen-bond donors (Lipinski definition) is 1. The average Bonchev–Trinajstić information content (AvgIpc) is 3.20. The molecule has 1 saturated heterocycles. The molecule has 4 rings (SSSR count). The van der Waals surface area contributed by atoms with E-state index in [1.54, 1.807) is 11.8 Å². The number of para-hydroxylation sites is 1. The van der Waals surface area contributed by atoms with Crippen LogP contribution in [0.2, 0.25) is 0 Å². The molecule has 5 heteroatoms. The Morgan fingerprint density at radius 3 is 2.45 bits per heavy atom. The molecule has 1 aliphatic heterocycles. The Kier molecular flexibility index (Phi) is 6.61. The highest BCUT2D eigenvalue weighted by Gasteiger charge is 2.35. The Balaban J connectivity index is 1.56. The van der Waals surface area contributed by atoms with Crippen molar-refractivity contribution in [2.45, 2.75) is 44.9 Å². The van der Waals surface area contributed by atoms with Crippen LogP contribution in [0, 0.1) is 0 Å². The van der Waals surface area contributed by atoms with Crippen LogP contribution in [-0.2, 0) is 16.6 Å². The third-order valence-corrected chi connectivity index (χ3v) is 7.16. The molecule has 33 heavy (non-hydrogen) atoms. The summed E-state index contributed by atoms with van der Waals surface area (Å²) in [4.78, 5) is 27.6. The number of anilines is 2. The summed E-state index contributed by atoms with van der Waals surface area (Å²) < 4.78 is 0.